The Morgan fingerprint density at radius 2 is 1.71 bits per heavy atom. The molecule has 0 bridgehead atoms. The van der Waals surface area contributed by atoms with E-state index in [1.807, 2.05) is 13.8 Å². The van der Waals surface area contributed by atoms with Crippen LogP contribution in [0.3, 0.4) is 0 Å². The summed E-state index contributed by atoms with van der Waals surface area (Å²) in [4.78, 5) is 17.7. The highest BCUT2D eigenvalue weighted by Gasteiger charge is 2.29. The van der Waals surface area contributed by atoms with Crippen molar-refractivity contribution in [1.82, 2.24) is 10.3 Å². The van der Waals surface area contributed by atoms with E-state index in [0.29, 0.717) is 21.0 Å². The maximum atomic E-state index is 15.9. The Balaban J connectivity index is 0.000000952. The van der Waals surface area contributed by atoms with Gasteiger partial charge in [-0.3, -0.25) is 4.79 Å². The second-order valence-electron chi connectivity index (χ2n) is 11.9. The molecule has 0 radical (unpaired) electrons. The lowest BCUT2D eigenvalue weighted by Crippen LogP contribution is -2.32. The van der Waals surface area contributed by atoms with Gasteiger partial charge in [0.25, 0.3) is 5.91 Å². The van der Waals surface area contributed by atoms with E-state index in [2.05, 4.69) is 23.8 Å². The van der Waals surface area contributed by atoms with Crippen molar-refractivity contribution in [2.75, 3.05) is 6.54 Å². The molecule has 1 fully saturated rings. The van der Waals surface area contributed by atoms with Crippen molar-refractivity contribution in [2.24, 2.45) is 5.92 Å². The van der Waals surface area contributed by atoms with E-state index in [0.717, 1.165) is 12.0 Å². The second-order valence-corrected chi connectivity index (χ2v) is 13.0. The van der Waals surface area contributed by atoms with Gasteiger partial charge in [-0.1, -0.05) is 93.2 Å². The van der Waals surface area contributed by atoms with Crippen LogP contribution in [-0.4, -0.2) is 22.5 Å². The fraction of sp³-hybridized carbons (Fsp3) is 0.316. The first kappa shape index (κ1) is 39.1. The molecule has 3 aromatic carbocycles. The molecule has 4 nitrogen and oxygen atoms in total. The maximum Gasteiger partial charge on any atom is 0.251 e. The quantitative estimate of drug-likeness (QED) is 0.187. The van der Waals surface area contributed by atoms with Crippen LogP contribution < -0.4 is 15.8 Å². The fourth-order valence-corrected chi connectivity index (χ4v) is 5.32. The Hall–Kier alpha value is -3.36. The van der Waals surface area contributed by atoms with E-state index in [1.165, 1.54) is 63.1 Å². The lowest BCUT2D eigenvalue weighted by atomic mass is 9.89. The van der Waals surface area contributed by atoms with Crippen LogP contribution in [0, 0.1) is 23.4 Å². The number of halogens is 6. The highest BCUT2D eigenvalue weighted by Crippen LogP contribution is 2.39. The SMILES string of the molecule is C=c1c(Cl)cc(C(=O)NCC(c2cccc(F)c2)c2cc(C(C)(C)O)c(F)c(-c3ccc(F)c(Cl)c3Cl)n2)c/c1=C/C.CC.CC1CC1. The van der Waals surface area contributed by atoms with Crippen LogP contribution in [0.2, 0.25) is 15.1 Å². The second kappa shape index (κ2) is 16.8. The van der Waals surface area contributed by atoms with Gasteiger partial charge >= 0.3 is 0 Å². The topological polar surface area (TPSA) is 62.2 Å². The Labute approximate surface area is 295 Å². The summed E-state index contributed by atoms with van der Waals surface area (Å²) in [6.45, 7) is 14.6. The largest absolute Gasteiger partial charge is 0.386 e. The van der Waals surface area contributed by atoms with Gasteiger partial charge in [-0.05, 0) is 85.2 Å². The first-order chi connectivity index (χ1) is 22.6. The molecule has 2 N–H and O–H groups in total. The first-order valence-corrected chi connectivity index (χ1v) is 16.8. The van der Waals surface area contributed by atoms with Crippen molar-refractivity contribution in [1.29, 1.82) is 0 Å². The van der Waals surface area contributed by atoms with Gasteiger partial charge in [0, 0.05) is 34.2 Å². The molecule has 256 valence electrons. The van der Waals surface area contributed by atoms with Crippen LogP contribution in [0.1, 0.15) is 87.5 Å². The number of aromatic nitrogens is 1. The number of hydrogen-bond acceptors (Lipinski definition) is 3. The van der Waals surface area contributed by atoms with Gasteiger partial charge in [0.05, 0.1) is 21.3 Å². The molecule has 10 heteroatoms. The number of carbonyl (C=O) groups is 1. The molecule has 0 aliphatic heterocycles. The number of pyridine rings is 1. The zero-order valence-electron chi connectivity index (χ0n) is 27.8. The molecular formula is C38H40Cl3F3N2O2. The molecule has 0 saturated heterocycles. The van der Waals surface area contributed by atoms with Gasteiger partial charge in [-0.25, -0.2) is 18.2 Å². The van der Waals surface area contributed by atoms with Crippen LogP contribution in [0.4, 0.5) is 13.2 Å². The summed E-state index contributed by atoms with van der Waals surface area (Å²) in [6.07, 6.45) is 4.75. The van der Waals surface area contributed by atoms with Crippen LogP contribution in [0.15, 0.2) is 54.6 Å². The van der Waals surface area contributed by atoms with E-state index >= 15 is 4.39 Å². The van der Waals surface area contributed by atoms with Crippen molar-refractivity contribution in [3.8, 4) is 11.3 Å². The smallest absolute Gasteiger partial charge is 0.251 e. The minimum atomic E-state index is -1.69. The molecule has 0 spiro atoms. The molecule has 1 unspecified atom stereocenters. The normalized spacial score (nSPS) is 13.6. The Morgan fingerprint density at radius 3 is 2.27 bits per heavy atom. The predicted molar refractivity (Wildman–Crippen MR) is 192 cm³/mol. The maximum absolute atomic E-state index is 15.9. The Bertz CT molecular complexity index is 1890. The van der Waals surface area contributed by atoms with Gasteiger partial charge in [0.15, 0.2) is 5.82 Å². The summed E-state index contributed by atoms with van der Waals surface area (Å²) < 4.78 is 44.3. The number of amides is 1. The van der Waals surface area contributed by atoms with Crippen molar-refractivity contribution < 1.29 is 23.1 Å². The molecule has 1 heterocycles. The first-order valence-electron chi connectivity index (χ1n) is 15.7. The van der Waals surface area contributed by atoms with E-state index in [4.69, 9.17) is 34.8 Å². The minimum absolute atomic E-state index is 0.0128. The van der Waals surface area contributed by atoms with Crippen molar-refractivity contribution >= 4 is 53.4 Å². The molecule has 1 aliphatic carbocycles. The van der Waals surface area contributed by atoms with Gasteiger partial charge in [-0.15, -0.1) is 0 Å². The number of hydrogen-bond donors (Lipinski definition) is 2. The van der Waals surface area contributed by atoms with Crippen molar-refractivity contribution in [2.45, 2.75) is 65.9 Å². The summed E-state index contributed by atoms with van der Waals surface area (Å²) in [5.41, 5.74) is -1.28. The molecule has 1 aromatic heterocycles. The molecular weight excluding hydrogens is 680 g/mol. The van der Waals surface area contributed by atoms with Crippen molar-refractivity contribution in [3.05, 3.63) is 120 Å². The minimum Gasteiger partial charge on any atom is -0.386 e. The Kier molecular flexibility index (Phi) is 13.7. The van der Waals surface area contributed by atoms with E-state index in [-0.39, 0.29) is 39.6 Å². The van der Waals surface area contributed by atoms with Gasteiger partial charge in [0.2, 0.25) is 0 Å². The third kappa shape index (κ3) is 9.63. The summed E-state index contributed by atoms with van der Waals surface area (Å²) in [5.74, 6) is -2.45. The highest BCUT2D eigenvalue weighted by atomic mass is 35.5. The fourth-order valence-electron chi connectivity index (χ4n) is 4.69. The average molecular weight is 720 g/mol. The predicted octanol–water partition coefficient (Wildman–Crippen LogP) is 9.57. The summed E-state index contributed by atoms with van der Waals surface area (Å²) in [6, 6.07) is 12.4. The highest BCUT2D eigenvalue weighted by molar-refractivity contribution is 6.43. The summed E-state index contributed by atoms with van der Waals surface area (Å²) in [5, 5.41) is 14.6. The number of benzene rings is 3. The zero-order valence-corrected chi connectivity index (χ0v) is 30.1. The molecule has 48 heavy (non-hydrogen) atoms. The summed E-state index contributed by atoms with van der Waals surface area (Å²) >= 11 is 18.6. The van der Waals surface area contributed by atoms with E-state index < -0.39 is 39.9 Å². The molecule has 5 rings (SSSR count). The monoisotopic (exact) mass is 718 g/mol. The number of nitrogens with one attached hydrogen (secondary N) is 1. The number of carbonyl (C=O) groups excluding carboxylic acids is 1. The third-order valence-corrected chi connectivity index (χ3v) is 8.87. The number of nitrogens with zero attached hydrogens (tertiary/aromatic N) is 1. The van der Waals surface area contributed by atoms with Crippen molar-refractivity contribution in [3.63, 3.8) is 0 Å². The van der Waals surface area contributed by atoms with Crippen LogP contribution >= 0.6 is 34.8 Å². The van der Waals surface area contributed by atoms with Gasteiger partial charge in [-0.2, -0.15) is 0 Å². The third-order valence-electron chi connectivity index (χ3n) is 7.67. The Morgan fingerprint density at radius 1 is 1.06 bits per heavy atom. The molecule has 1 saturated carbocycles. The zero-order chi connectivity index (χ0) is 35.9. The summed E-state index contributed by atoms with van der Waals surface area (Å²) in [7, 11) is 0. The molecule has 4 aromatic rings. The van der Waals surface area contributed by atoms with Crippen LogP contribution in [0.5, 0.6) is 0 Å². The lowest BCUT2D eigenvalue weighted by molar-refractivity contribution is 0.0743. The standard InChI is InChI=1S/C32H26Cl3F3N2O2.C4H8.C2H6/c1-5-17-11-19(13-24(33)16(17)2)31(41)39-15-22(18-7-6-8-20(36)12-18)26-14-23(32(3,4)42)29(38)30(40-26)21-9-10-25(37)28(35)27(21)34;1-4-2-3-4;1-2/h5-14,22,42H,2,15H2,1,3-4H3,(H,39,41);4H,2-3H2,1H3;1-2H3/b17-5-;;. The van der Waals surface area contributed by atoms with Gasteiger partial charge < -0.3 is 10.4 Å². The van der Waals surface area contributed by atoms with Crippen LogP contribution in [-0.2, 0) is 5.60 Å². The van der Waals surface area contributed by atoms with Crippen LogP contribution in [0.25, 0.3) is 23.9 Å². The molecule has 1 atom stereocenters. The lowest BCUT2D eigenvalue weighted by Gasteiger charge is -2.25. The average Bonchev–Trinajstić information content (AvgIpc) is 3.84. The number of aliphatic hydroxyl groups is 1. The number of rotatable bonds is 7. The molecule has 1 aliphatic rings. The van der Waals surface area contributed by atoms with E-state index in [9.17, 15) is 18.7 Å². The van der Waals surface area contributed by atoms with E-state index in [1.54, 1.807) is 25.1 Å². The van der Waals surface area contributed by atoms with Gasteiger partial charge in [0.1, 0.15) is 17.3 Å². The molecule has 1 amide bonds.